The van der Waals surface area contributed by atoms with Crippen LogP contribution in [0.3, 0.4) is 0 Å². The molecule has 4 nitrogen and oxygen atoms in total. The third-order valence-corrected chi connectivity index (χ3v) is 2.26. The number of hydrogen-bond donors (Lipinski definition) is 1. The molecule has 0 atom stereocenters. The third-order valence-electron chi connectivity index (χ3n) is 2.26. The van der Waals surface area contributed by atoms with Crippen LogP contribution in [0.25, 0.3) is 0 Å². The SMILES string of the molecule is CCOCCCCN=C(N)N(CC)CC. The summed E-state index contributed by atoms with van der Waals surface area (Å²) >= 11 is 0. The number of aliphatic imine (C=N–C) groups is 1. The van der Waals surface area contributed by atoms with Gasteiger partial charge in [-0.2, -0.15) is 0 Å². The van der Waals surface area contributed by atoms with Gasteiger partial charge in [0.05, 0.1) is 0 Å². The maximum Gasteiger partial charge on any atom is 0.191 e. The highest BCUT2D eigenvalue weighted by Crippen LogP contribution is 1.93. The Morgan fingerprint density at radius 3 is 2.40 bits per heavy atom. The van der Waals surface area contributed by atoms with E-state index in [4.69, 9.17) is 10.5 Å². The lowest BCUT2D eigenvalue weighted by Crippen LogP contribution is -2.37. The average molecular weight is 215 g/mol. The average Bonchev–Trinajstić information content (AvgIpc) is 2.25. The summed E-state index contributed by atoms with van der Waals surface area (Å²) in [5.41, 5.74) is 5.82. The quantitative estimate of drug-likeness (QED) is 0.379. The maximum absolute atomic E-state index is 5.82. The topological polar surface area (TPSA) is 50.9 Å². The summed E-state index contributed by atoms with van der Waals surface area (Å²) in [5, 5.41) is 0. The predicted molar refractivity (Wildman–Crippen MR) is 65.1 cm³/mol. The lowest BCUT2D eigenvalue weighted by atomic mass is 10.3. The molecule has 0 heterocycles. The second kappa shape index (κ2) is 9.77. The molecule has 0 unspecified atom stereocenters. The van der Waals surface area contributed by atoms with Gasteiger partial charge in [-0.3, -0.25) is 4.99 Å². The molecule has 0 aromatic rings. The van der Waals surface area contributed by atoms with Crippen LogP contribution >= 0.6 is 0 Å². The van der Waals surface area contributed by atoms with Crippen molar-refractivity contribution in [3.05, 3.63) is 0 Å². The smallest absolute Gasteiger partial charge is 0.191 e. The van der Waals surface area contributed by atoms with Crippen molar-refractivity contribution >= 4 is 5.96 Å². The van der Waals surface area contributed by atoms with Crippen LogP contribution in [0.15, 0.2) is 4.99 Å². The monoisotopic (exact) mass is 215 g/mol. The minimum atomic E-state index is 0.663. The molecule has 0 spiro atoms. The standard InChI is InChI=1S/C11H25N3O/c1-4-14(5-2)11(12)13-9-7-8-10-15-6-3/h4-10H2,1-3H3,(H2,12,13). The molecule has 90 valence electrons. The van der Waals surface area contributed by atoms with Gasteiger partial charge < -0.3 is 15.4 Å². The van der Waals surface area contributed by atoms with Crippen molar-refractivity contribution in [3.63, 3.8) is 0 Å². The molecule has 2 N–H and O–H groups in total. The number of hydrogen-bond acceptors (Lipinski definition) is 2. The highest BCUT2D eigenvalue weighted by Gasteiger charge is 2.00. The molecule has 0 aliphatic carbocycles. The Labute approximate surface area is 93.5 Å². The summed E-state index contributed by atoms with van der Waals surface area (Å²) in [6, 6.07) is 0. The Bertz CT molecular complexity index is 167. The van der Waals surface area contributed by atoms with E-state index in [0.717, 1.165) is 45.7 Å². The molecule has 0 bridgehead atoms. The lowest BCUT2D eigenvalue weighted by molar-refractivity contribution is 0.144. The van der Waals surface area contributed by atoms with Gasteiger partial charge in [0.25, 0.3) is 0 Å². The minimum Gasteiger partial charge on any atom is -0.382 e. The van der Waals surface area contributed by atoms with E-state index < -0.39 is 0 Å². The van der Waals surface area contributed by atoms with Gasteiger partial charge in [-0.05, 0) is 33.6 Å². The molecule has 0 radical (unpaired) electrons. The van der Waals surface area contributed by atoms with Crippen molar-refractivity contribution in [1.29, 1.82) is 0 Å². The van der Waals surface area contributed by atoms with E-state index in [1.807, 2.05) is 6.92 Å². The van der Waals surface area contributed by atoms with Gasteiger partial charge in [0.1, 0.15) is 0 Å². The number of nitrogens with zero attached hydrogens (tertiary/aromatic N) is 2. The van der Waals surface area contributed by atoms with Gasteiger partial charge in [-0.25, -0.2) is 0 Å². The van der Waals surface area contributed by atoms with Gasteiger partial charge >= 0.3 is 0 Å². The number of rotatable bonds is 8. The van der Waals surface area contributed by atoms with Crippen molar-refractivity contribution in [3.8, 4) is 0 Å². The highest BCUT2D eigenvalue weighted by molar-refractivity contribution is 5.77. The Morgan fingerprint density at radius 2 is 1.87 bits per heavy atom. The first-order chi connectivity index (χ1) is 7.26. The molecule has 15 heavy (non-hydrogen) atoms. The number of nitrogens with two attached hydrogens (primary N) is 1. The molecule has 0 fully saturated rings. The van der Waals surface area contributed by atoms with Crippen LogP contribution in [0.4, 0.5) is 0 Å². The fourth-order valence-corrected chi connectivity index (χ4v) is 1.30. The van der Waals surface area contributed by atoms with Crippen LogP contribution in [0.2, 0.25) is 0 Å². The van der Waals surface area contributed by atoms with E-state index in [-0.39, 0.29) is 0 Å². The van der Waals surface area contributed by atoms with Crippen LogP contribution in [0.1, 0.15) is 33.6 Å². The summed E-state index contributed by atoms with van der Waals surface area (Å²) in [4.78, 5) is 6.39. The summed E-state index contributed by atoms with van der Waals surface area (Å²) in [5.74, 6) is 0.663. The Hall–Kier alpha value is -0.770. The Kier molecular flexibility index (Phi) is 9.27. The largest absolute Gasteiger partial charge is 0.382 e. The third kappa shape index (κ3) is 7.19. The zero-order valence-corrected chi connectivity index (χ0v) is 10.3. The van der Waals surface area contributed by atoms with Crippen molar-refractivity contribution in [2.75, 3.05) is 32.8 Å². The van der Waals surface area contributed by atoms with Crippen molar-refractivity contribution < 1.29 is 4.74 Å². The van der Waals surface area contributed by atoms with Crippen molar-refractivity contribution in [2.45, 2.75) is 33.6 Å². The predicted octanol–water partition coefficient (Wildman–Crippen LogP) is 1.46. The number of ether oxygens (including phenoxy) is 1. The summed E-state index contributed by atoms with van der Waals surface area (Å²) < 4.78 is 5.24. The Balaban J connectivity index is 3.57. The van der Waals surface area contributed by atoms with E-state index in [9.17, 15) is 0 Å². The fourth-order valence-electron chi connectivity index (χ4n) is 1.30. The van der Waals surface area contributed by atoms with Gasteiger partial charge in [-0.1, -0.05) is 0 Å². The van der Waals surface area contributed by atoms with Crippen LogP contribution in [0.5, 0.6) is 0 Å². The molecule has 0 aromatic heterocycles. The van der Waals surface area contributed by atoms with Gasteiger partial charge in [0, 0.05) is 32.8 Å². The van der Waals surface area contributed by atoms with Gasteiger partial charge in [0.2, 0.25) is 0 Å². The minimum absolute atomic E-state index is 0.663. The molecule has 0 saturated heterocycles. The maximum atomic E-state index is 5.82. The summed E-state index contributed by atoms with van der Waals surface area (Å²) in [7, 11) is 0. The number of guanidine groups is 1. The molecular formula is C11H25N3O. The molecule has 0 aliphatic rings. The first-order valence-corrected chi connectivity index (χ1v) is 5.88. The first kappa shape index (κ1) is 14.2. The fraction of sp³-hybridized carbons (Fsp3) is 0.909. The van der Waals surface area contributed by atoms with Crippen molar-refractivity contribution in [1.82, 2.24) is 4.90 Å². The molecule has 0 aliphatic heterocycles. The second-order valence-corrected chi connectivity index (χ2v) is 3.32. The second-order valence-electron chi connectivity index (χ2n) is 3.32. The normalized spacial score (nSPS) is 11.8. The highest BCUT2D eigenvalue weighted by atomic mass is 16.5. The van der Waals surface area contributed by atoms with Crippen LogP contribution in [-0.4, -0.2) is 43.7 Å². The van der Waals surface area contributed by atoms with E-state index in [1.165, 1.54) is 0 Å². The molecule has 0 saturated carbocycles. The van der Waals surface area contributed by atoms with Crippen LogP contribution in [-0.2, 0) is 4.74 Å². The van der Waals surface area contributed by atoms with Crippen molar-refractivity contribution in [2.24, 2.45) is 10.7 Å². The first-order valence-electron chi connectivity index (χ1n) is 5.88. The number of unbranched alkanes of at least 4 members (excludes halogenated alkanes) is 1. The zero-order chi connectivity index (χ0) is 11.5. The van der Waals surface area contributed by atoms with Gasteiger partial charge in [0.15, 0.2) is 5.96 Å². The molecule has 4 heteroatoms. The zero-order valence-electron chi connectivity index (χ0n) is 10.3. The summed E-state index contributed by atoms with van der Waals surface area (Å²) in [6.45, 7) is 10.4. The van der Waals surface area contributed by atoms with Crippen LogP contribution < -0.4 is 5.73 Å². The lowest BCUT2D eigenvalue weighted by Gasteiger charge is -2.19. The van der Waals surface area contributed by atoms with E-state index in [0.29, 0.717) is 5.96 Å². The van der Waals surface area contributed by atoms with Crippen LogP contribution in [0, 0.1) is 0 Å². The molecular weight excluding hydrogens is 190 g/mol. The van der Waals surface area contributed by atoms with Gasteiger partial charge in [-0.15, -0.1) is 0 Å². The molecule has 0 rings (SSSR count). The van der Waals surface area contributed by atoms with E-state index in [2.05, 4.69) is 23.7 Å². The van der Waals surface area contributed by atoms with E-state index in [1.54, 1.807) is 0 Å². The molecule has 0 aromatic carbocycles. The van der Waals surface area contributed by atoms with E-state index >= 15 is 0 Å². The Morgan fingerprint density at radius 1 is 1.20 bits per heavy atom. The summed E-state index contributed by atoms with van der Waals surface area (Å²) in [6.07, 6.45) is 2.10. The molecule has 0 amide bonds.